The minimum Gasteiger partial charge on any atom is -0.487 e. The molecule has 1 N–H and O–H groups in total. The van der Waals surface area contributed by atoms with Gasteiger partial charge in [-0.25, -0.2) is 4.39 Å². The number of ether oxygens (including phenoxy) is 3. The zero-order chi connectivity index (χ0) is 16.6. The quantitative estimate of drug-likeness (QED) is 0.847. The molecule has 4 nitrogen and oxygen atoms in total. The van der Waals surface area contributed by atoms with Crippen LogP contribution < -0.4 is 14.8 Å². The Morgan fingerprint density at radius 2 is 1.83 bits per heavy atom. The lowest BCUT2D eigenvalue weighted by Crippen LogP contribution is -2.43. The maximum absolute atomic E-state index is 12.4. The van der Waals surface area contributed by atoms with Gasteiger partial charge in [0, 0.05) is 13.1 Å². The molecule has 1 unspecified atom stereocenters. The zero-order valence-electron chi connectivity index (χ0n) is 13.5. The molecule has 128 valence electrons. The molecule has 0 saturated carbocycles. The van der Waals surface area contributed by atoms with Crippen molar-refractivity contribution in [1.82, 2.24) is 5.32 Å². The van der Waals surface area contributed by atoms with Crippen LogP contribution in [0.3, 0.4) is 0 Å². The number of hydrogen-bond donors (Lipinski definition) is 1. The summed E-state index contributed by atoms with van der Waals surface area (Å²) in [4.78, 5) is 0. The second-order valence-corrected chi connectivity index (χ2v) is 5.55. The summed E-state index contributed by atoms with van der Waals surface area (Å²) < 4.78 is 30.0. The average Bonchev–Trinajstić information content (AvgIpc) is 2.66. The first-order valence-corrected chi connectivity index (χ1v) is 8.20. The van der Waals surface area contributed by atoms with Gasteiger partial charge in [-0.3, -0.25) is 0 Å². The van der Waals surface area contributed by atoms with E-state index in [1.807, 2.05) is 48.5 Å². The Labute approximate surface area is 141 Å². The minimum atomic E-state index is -0.536. The van der Waals surface area contributed by atoms with Crippen molar-refractivity contribution in [3.63, 3.8) is 0 Å². The molecule has 5 heteroatoms. The summed E-state index contributed by atoms with van der Waals surface area (Å²) in [5, 5.41) is 3.33. The second-order valence-electron chi connectivity index (χ2n) is 5.55. The Kier molecular flexibility index (Phi) is 6.04. The molecule has 1 saturated heterocycles. The zero-order valence-corrected chi connectivity index (χ0v) is 13.5. The molecule has 3 rings (SSSR count). The Balaban J connectivity index is 1.84. The van der Waals surface area contributed by atoms with Gasteiger partial charge in [-0.15, -0.1) is 0 Å². The Hall–Kier alpha value is -2.11. The van der Waals surface area contributed by atoms with E-state index < -0.39 is 6.67 Å². The molecule has 0 amide bonds. The molecule has 2 aromatic rings. The van der Waals surface area contributed by atoms with Crippen LogP contribution in [0, 0.1) is 0 Å². The largest absolute Gasteiger partial charge is 0.487 e. The number of para-hydroxylation sites is 2. The van der Waals surface area contributed by atoms with E-state index in [2.05, 4.69) is 5.32 Å². The van der Waals surface area contributed by atoms with Gasteiger partial charge in [0.2, 0.25) is 0 Å². The van der Waals surface area contributed by atoms with Gasteiger partial charge < -0.3 is 19.5 Å². The minimum absolute atomic E-state index is 0.0118. The number of halogens is 1. The number of rotatable bonds is 7. The van der Waals surface area contributed by atoms with E-state index in [-0.39, 0.29) is 18.8 Å². The average molecular weight is 330 g/mol. The Morgan fingerprint density at radius 1 is 1.08 bits per heavy atom. The predicted octanol–water partition coefficient (Wildman–Crippen LogP) is 3.14. The van der Waals surface area contributed by atoms with Crippen LogP contribution in [-0.2, 0) is 4.74 Å². The number of benzene rings is 2. The second kappa shape index (κ2) is 8.66. The Morgan fingerprint density at radius 3 is 2.54 bits per heavy atom. The lowest BCUT2D eigenvalue weighted by Gasteiger charge is -2.32. The van der Waals surface area contributed by atoms with Crippen LogP contribution in [0.5, 0.6) is 11.5 Å². The molecular weight excluding hydrogens is 308 g/mol. The molecule has 1 fully saturated rings. The van der Waals surface area contributed by atoms with Crippen molar-refractivity contribution in [3.8, 4) is 11.5 Å². The molecule has 0 aliphatic carbocycles. The molecule has 2 aromatic carbocycles. The van der Waals surface area contributed by atoms with E-state index in [4.69, 9.17) is 14.2 Å². The van der Waals surface area contributed by atoms with Gasteiger partial charge in [-0.05, 0) is 17.7 Å². The third-order valence-electron chi connectivity index (χ3n) is 3.86. The SMILES string of the molecule is [18F]CCOc1ccccc1OC(c1ccccc1)[C@H]1CNCCO1. The van der Waals surface area contributed by atoms with Crippen LogP contribution in [0.15, 0.2) is 54.6 Å². The fraction of sp³-hybridized carbons (Fsp3) is 0.368. The summed E-state index contributed by atoms with van der Waals surface area (Å²) in [5.74, 6) is 1.13. The molecule has 0 aromatic heterocycles. The lowest BCUT2D eigenvalue weighted by atomic mass is 10.0. The lowest BCUT2D eigenvalue weighted by molar-refractivity contribution is -0.0439. The smallest absolute Gasteiger partial charge is 0.162 e. The van der Waals surface area contributed by atoms with E-state index in [0.29, 0.717) is 24.7 Å². The van der Waals surface area contributed by atoms with E-state index in [0.717, 1.165) is 12.1 Å². The number of nitrogens with one attached hydrogen (secondary N) is 1. The van der Waals surface area contributed by atoms with Gasteiger partial charge in [0.25, 0.3) is 0 Å². The standard InChI is InChI=1S/C19H22FNO3/c20-10-12-22-16-8-4-5-9-17(16)24-19(15-6-2-1-3-7-15)18-14-21-11-13-23-18/h1-9,18-19,21H,10-14H2/t18-,19?/m1/s1/i20-1. The molecule has 1 aliphatic rings. The molecular formula is C19H22FNO3. The highest BCUT2D eigenvalue weighted by molar-refractivity contribution is 5.40. The van der Waals surface area contributed by atoms with Crippen LogP contribution >= 0.6 is 0 Å². The number of hydrogen-bond acceptors (Lipinski definition) is 4. The van der Waals surface area contributed by atoms with Crippen LogP contribution in [0.2, 0.25) is 0 Å². The normalized spacial score (nSPS) is 18.8. The molecule has 0 radical (unpaired) electrons. The monoisotopic (exact) mass is 330 g/mol. The van der Waals surface area contributed by atoms with Crippen molar-refractivity contribution in [1.29, 1.82) is 0 Å². The van der Waals surface area contributed by atoms with E-state index in [1.165, 1.54) is 0 Å². The van der Waals surface area contributed by atoms with Crippen molar-refractivity contribution in [2.24, 2.45) is 0 Å². The maximum atomic E-state index is 12.4. The van der Waals surface area contributed by atoms with Crippen molar-refractivity contribution < 1.29 is 18.6 Å². The highest BCUT2D eigenvalue weighted by Crippen LogP contribution is 2.33. The van der Waals surface area contributed by atoms with Crippen LogP contribution in [0.25, 0.3) is 0 Å². The van der Waals surface area contributed by atoms with Gasteiger partial charge in [-0.1, -0.05) is 42.5 Å². The fourth-order valence-electron chi connectivity index (χ4n) is 2.73. The van der Waals surface area contributed by atoms with Crippen molar-refractivity contribution in [2.75, 3.05) is 33.0 Å². The highest BCUT2D eigenvalue weighted by atomic mass is 18.2. The van der Waals surface area contributed by atoms with Gasteiger partial charge >= 0.3 is 0 Å². The van der Waals surface area contributed by atoms with Crippen LogP contribution in [-0.4, -0.2) is 39.1 Å². The summed E-state index contributed by atoms with van der Waals surface area (Å²) in [6.07, 6.45) is -0.371. The molecule has 1 heterocycles. The number of morpholine rings is 1. The fourth-order valence-corrected chi connectivity index (χ4v) is 2.73. The third kappa shape index (κ3) is 4.24. The summed E-state index contributed by atoms with van der Waals surface area (Å²) in [6, 6.07) is 17.3. The van der Waals surface area contributed by atoms with Gasteiger partial charge in [0.15, 0.2) is 17.6 Å². The van der Waals surface area contributed by atoms with Crippen molar-refractivity contribution in [2.45, 2.75) is 12.2 Å². The van der Waals surface area contributed by atoms with Gasteiger partial charge in [0.05, 0.1) is 6.61 Å². The van der Waals surface area contributed by atoms with E-state index in [1.54, 1.807) is 6.07 Å². The van der Waals surface area contributed by atoms with Crippen molar-refractivity contribution >= 4 is 0 Å². The van der Waals surface area contributed by atoms with E-state index >= 15 is 0 Å². The Bertz CT molecular complexity index is 617. The van der Waals surface area contributed by atoms with Gasteiger partial charge in [-0.2, -0.15) is 0 Å². The molecule has 2 atom stereocenters. The first-order valence-electron chi connectivity index (χ1n) is 8.20. The summed E-state index contributed by atoms with van der Waals surface area (Å²) in [7, 11) is 0. The van der Waals surface area contributed by atoms with Crippen LogP contribution in [0.4, 0.5) is 4.39 Å². The molecule has 24 heavy (non-hydrogen) atoms. The first-order chi connectivity index (χ1) is 11.9. The van der Waals surface area contributed by atoms with Gasteiger partial charge in [0.1, 0.15) is 19.4 Å². The van der Waals surface area contributed by atoms with Crippen LogP contribution in [0.1, 0.15) is 11.7 Å². The summed E-state index contributed by atoms with van der Waals surface area (Å²) in [6.45, 7) is 1.68. The summed E-state index contributed by atoms with van der Waals surface area (Å²) in [5.41, 5.74) is 1.03. The predicted molar refractivity (Wildman–Crippen MR) is 90.3 cm³/mol. The number of alkyl halides is 1. The molecule has 0 bridgehead atoms. The third-order valence-corrected chi connectivity index (χ3v) is 3.86. The first kappa shape index (κ1) is 16.7. The topological polar surface area (TPSA) is 39.7 Å². The maximum Gasteiger partial charge on any atom is 0.162 e. The highest BCUT2D eigenvalue weighted by Gasteiger charge is 2.28. The summed E-state index contributed by atoms with van der Waals surface area (Å²) >= 11 is 0. The van der Waals surface area contributed by atoms with Crippen molar-refractivity contribution in [3.05, 3.63) is 60.2 Å². The molecule has 0 spiro atoms. The van der Waals surface area contributed by atoms with E-state index in [9.17, 15) is 4.39 Å². The molecule has 1 aliphatic heterocycles.